The van der Waals surface area contributed by atoms with Crippen molar-refractivity contribution in [2.75, 3.05) is 6.54 Å². The van der Waals surface area contributed by atoms with E-state index in [1.54, 1.807) is 6.92 Å². The van der Waals surface area contributed by atoms with Gasteiger partial charge in [0.2, 0.25) is 0 Å². The van der Waals surface area contributed by atoms with Gasteiger partial charge in [0.05, 0.1) is 11.0 Å². The molecule has 1 aromatic carbocycles. The first kappa shape index (κ1) is 12.2. The minimum Gasteiger partial charge on any atom is -0.345 e. The lowest BCUT2D eigenvalue weighted by Gasteiger charge is -2.02. The van der Waals surface area contributed by atoms with Crippen molar-refractivity contribution < 1.29 is 4.79 Å². The summed E-state index contributed by atoms with van der Waals surface area (Å²) in [6.07, 6.45) is 0.697. The topological polar surface area (TPSA) is 46.9 Å². The van der Waals surface area contributed by atoms with Crippen LogP contribution in [0.3, 0.4) is 0 Å². The Morgan fingerprint density at radius 1 is 1.44 bits per heavy atom. The number of aromatic nitrogens is 2. The van der Waals surface area contributed by atoms with E-state index in [9.17, 15) is 4.79 Å². The second kappa shape index (κ2) is 5.37. The molecule has 4 heteroatoms. The van der Waals surface area contributed by atoms with E-state index in [0.717, 1.165) is 16.9 Å². The number of fused-ring (bicyclic) bond motifs is 1. The van der Waals surface area contributed by atoms with Crippen LogP contribution in [0.15, 0.2) is 24.3 Å². The molecular formula is C14H15N3O. The molecule has 0 aliphatic rings. The van der Waals surface area contributed by atoms with Crippen molar-refractivity contribution in [2.45, 2.75) is 13.3 Å². The number of carbonyl (C=O) groups excluding carboxylic acids is 1. The Labute approximate surface area is 106 Å². The number of nitrogens with one attached hydrogen (secondary N) is 1. The molecule has 0 saturated heterocycles. The lowest BCUT2D eigenvalue weighted by molar-refractivity contribution is -0.115. The Morgan fingerprint density at radius 2 is 2.22 bits per heavy atom. The number of aryl methyl sites for hydroxylation is 1. The highest BCUT2D eigenvalue weighted by Gasteiger charge is 2.06. The molecular weight excluding hydrogens is 226 g/mol. The van der Waals surface area contributed by atoms with Gasteiger partial charge in [0.15, 0.2) is 0 Å². The maximum absolute atomic E-state index is 11.2. The summed E-state index contributed by atoms with van der Waals surface area (Å²) in [7, 11) is 1.98. The van der Waals surface area contributed by atoms with E-state index >= 15 is 0 Å². The summed E-state index contributed by atoms with van der Waals surface area (Å²) in [6, 6.07) is 7.98. The van der Waals surface area contributed by atoms with Crippen LogP contribution in [0.2, 0.25) is 0 Å². The van der Waals surface area contributed by atoms with Crippen LogP contribution in [0.1, 0.15) is 12.7 Å². The normalized spacial score (nSPS) is 9.89. The minimum absolute atomic E-state index is 0.240. The second-order valence-electron chi connectivity index (χ2n) is 3.96. The summed E-state index contributed by atoms with van der Waals surface area (Å²) in [4.78, 5) is 15.7. The molecule has 4 nitrogen and oxygen atoms in total. The zero-order valence-electron chi connectivity index (χ0n) is 10.5. The van der Waals surface area contributed by atoms with Crippen LogP contribution in [0.25, 0.3) is 11.0 Å². The first-order chi connectivity index (χ1) is 8.72. The fourth-order valence-corrected chi connectivity index (χ4v) is 1.86. The molecule has 1 amide bonds. The standard InChI is InChI=1S/C14H15N3O/c1-3-6-14(18)15-10-9-13-16-11-7-4-5-8-12(11)17(13)2/h4-5,7-8H,9-10H2,1-2H3,(H,15,18). The van der Waals surface area contributed by atoms with Gasteiger partial charge in [-0.25, -0.2) is 4.98 Å². The SMILES string of the molecule is CC#CC(=O)NCCc1nc2ccccc2n1C. The van der Waals surface area contributed by atoms with Gasteiger partial charge < -0.3 is 9.88 Å². The van der Waals surface area contributed by atoms with Crippen LogP contribution >= 0.6 is 0 Å². The Bertz CT molecular complexity index is 631. The smallest absolute Gasteiger partial charge is 0.295 e. The third-order valence-corrected chi connectivity index (χ3v) is 2.75. The summed E-state index contributed by atoms with van der Waals surface area (Å²) >= 11 is 0. The van der Waals surface area contributed by atoms with E-state index in [1.165, 1.54) is 0 Å². The average molecular weight is 241 g/mol. The zero-order valence-corrected chi connectivity index (χ0v) is 10.5. The van der Waals surface area contributed by atoms with E-state index in [0.29, 0.717) is 13.0 Å². The molecule has 18 heavy (non-hydrogen) atoms. The van der Waals surface area contributed by atoms with E-state index in [1.807, 2.05) is 35.9 Å². The van der Waals surface area contributed by atoms with Gasteiger partial charge in [-0.1, -0.05) is 18.1 Å². The molecule has 0 bridgehead atoms. The van der Waals surface area contributed by atoms with Crippen molar-refractivity contribution in [2.24, 2.45) is 7.05 Å². The van der Waals surface area contributed by atoms with Gasteiger partial charge in [-0.05, 0) is 25.0 Å². The molecule has 2 aromatic rings. The quantitative estimate of drug-likeness (QED) is 0.822. The first-order valence-corrected chi connectivity index (χ1v) is 5.83. The second-order valence-corrected chi connectivity index (χ2v) is 3.96. The van der Waals surface area contributed by atoms with Crippen molar-refractivity contribution >= 4 is 16.9 Å². The molecule has 1 N–H and O–H groups in total. The molecule has 0 aliphatic carbocycles. The zero-order chi connectivity index (χ0) is 13.0. The number of rotatable bonds is 3. The highest BCUT2D eigenvalue weighted by Crippen LogP contribution is 2.14. The van der Waals surface area contributed by atoms with Gasteiger partial charge in [0.1, 0.15) is 5.82 Å². The number of benzene rings is 1. The molecule has 0 atom stereocenters. The maximum atomic E-state index is 11.2. The van der Waals surface area contributed by atoms with Gasteiger partial charge in [0, 0.05) is 20.0 Å². The Hall–Kier alpha value is -2.28. The van der Waals surface area contributed by atoms with E-state index in [2.05, 4.69) is 22.1 Å². The van der Waals surface area contributed by atoms with Crippen LogP contribution in [0.4, 0.5) is 0 Å². The van der Waals surface area contributed by atoms with Gasteiger partial charge in [-0.2, -0.15) is 0 Å². The average Bonchev–Trinajstić information content (AvgIpc) is 2.68. The van der Waals surface area contributed by atoms with Crippen LogP contribution in [-0.4, -0.2) is 22.0 Å². The van der Waals surface area contributed by atoms with Gasteiger partial charge in [-0.15, -0.1) is 0 Å². The van der Waals surface area contributed by atoms with Crippen molar-refractivity contribution in [3.63, 3.8) is 0 Å². The lowest BCUT2D eigenvalue weighted by atomic mass is 10.3. The monoisotopic (exact) mass is 241 g/mol. The molecule has 1 aromatic heterocycles. The predicted molar refractivity (Wildman–Crippen MR) is 70.9 cm³/mol. The van der Waals surface area contributed by atoms with Gasteiger partial charge >= 0.3 is 0 Å². The summed E-state index contributed by atoms with van der Waals surface area (Å²) in [5.41, 5.74) is 2.09. The molecule has 1 heterocycles. The molecule has 0 aliphatic heterocycles. The van der Waals surface area contributed by atoms with Crippen molar-refractivity contribution in [3.8, 4) is 11.8 Å². The van der Waals surface area contributed by atoms with Crippen molar-refractivity contribution in [1.29, 1.82) is 0 Å². The number of carbonyl (C=O) groups is 1. The largest absolute Gasteiger partial charge is 0.345 e. The summed E-state index contributed by atoms with van der Waals surface area (Å²) in [5.74, 6) is 5.73. The highest BCUT2D eigenvalue weighted by molar-refractivity contribution is 5.93. The summed E-state index contributed by atoms with van der Waals surface area (Å²) in [5, 5.41) is 2.74. The number of imidazole rings is 1. The van der Waals surface area contributed by atoms with Crippen LogP contribution in [0.5, 0.6) is 0 Å². The summed E-state index contributed by atoms with van der Waals surface area (Å²) in [6.45, 7) is 2.19. The van der Waals surface area contributed by atoms with E-state index < -0.39 is 0 Å². The maximum Gasteiger partial charge on any atom is 0.295 e. The predicted octanol–water partition coefficient (Wildman–Crippen LogP) is 1.26. The minimum atomic E-state index is -0.240. The van der Waals surface area contributed by atoms with E-state index in [-0.39, 0.29) is 5.91 Å². The summed E-state index contributed by atoms with van der Waals surface area (Å²) < 4.78 is 2.05. The van der Waals surface area contributed by atoms with Crippen LogP contribution < -0.4 is 5.32 Å². The first-order valence-electron chi connectivity index (χ1n) is 5.83. The van der Waals surface area contributed by atoms with Crippen LogP contribution in [-0.2, 0) is 18.3 Å². The number of hydrogen-bond acceptors (Lipinski definition) is 2. The number of amides is 1. The van der Waals surface area contributed by atoms with Crippen molar-refractivity contribution in [3.05, 3.63) is 30.1 Å². The molecule has 0 unspecified atom stereocenters. The molecule has 0 fully saturated rings. The number of para-hydroxylation sites is 2. The fraction of sp³-hybridized carbons (Fsp3) is 0.286. The Balaban J connectivity index is 2.05. The third kappa shape index (κ3) is 2.51. The fourth-order valence-electron chi connectivity index (χ4n) is 1.86. The van der Waals surface area contributed by atoms with E-state index in [4.69, 9.17) is 0 Å². The molecule has 92 valence electrons. The van der Waals surface area contributed by atoms with Crippen LogP contribution in [0, 0.1) is 11.8 Å². The Kier molecular flexibility index (Phi) is 3.63. The lowest BCUT2D eigenvalue weighted by Crippen LogP contribution is -2.24. The van der Waals surface area contributed by atoms with Gasteiger partial charge in [0.25, 0.3) is 5.91 Å². The Morgan fingerprint density at radius 3 is 2.94 bits per heavy atom. The van der Waals surface area contributed by atoms with Gasteiger partial charge in [-0.3, -0.25) is 4.79 Å². The molecule has 0 radical (unpaired) electrons. The number of hydrogen-bond donors (Lipinski definition) is 1. The molecule has 2 rings (SSSR count). The van der Waals surface area contributed by atoms with Crippen molar-refractivity contribution in [1.82, 2.24) is 14.9 Å². The highest BCUT2D eigenvalue weighted by atomic mass is 16.1. The molecule has 0 spiro atoms. The number of nitrogens with zero attached hydrogens (tertiary/aromatic N) is 2. The molecule has 0 saturated carbocycles. The third-order valence-electron chi connectivity index (χ3n) is 2.75.